The van der Waals surface area contributed by atoms with Crippen molar-refractivity contribution in [2.45, 2.75) is 59.4 Å². The molecule has 1 aliphatic rings. The molecular formula is C17H28N4O3. The Bertz CT molecular complexity index is 594. The molecule has 0 unspecified atom stereocenters. The van der Waals surface area contributed by atoms with Crippen molar-refractivity contribution in [1.29, 1.82) is 0 Å². The van der Waals surface area contributed by atoms with Gasteiger partial charge < -0.3 is 14.7 Å². The molecule has 0 bridgehead atoms. The highest BCUT2D eigenvalue weighted by atomic mass is 16.5. The second kappa shape index (κ2) is 7.32. The normalized spacial score (nSPS) is 18.5. The number of hydrogen-bond donors (Lipinski definition) is 1. The summed E-state index contributed by atoms with van der Waals surface area (Å²) in [5.74, 6) is 1.02. The quantitative estimate of drug-likeness (QED) is 0.821. The molecule has 1 aliphatic heterocycles. The zero-order chi connectivity index (χ0) is 17.9. The van der Waals surface area contributed by atoms with E-state index in [0.29, 0.717) is 30.7 Å². The van der Waals surface area contributed by atoms with Gasteiger partial charge >= 0.3 is 0 Å². The Morgan fingerprint density at radius 2 is 2.17 bits per heavy atom. The Hall–Kier alpha value is -1.92. The van der Waals surface area contributed by atoms with Gasteiger partial charge in [0.1, 0.15) is 0 Å². The molecule has 2 rings (SSSR count). The third-order valence-electron chi connectivity index (χ3n) is 4.10. The van der Waals surface area contributed by atoms with Crippen molar-refractivity contribution in [2.24, 2.45) is 11.8 Å². The molecular weight excluding hydrogens is 308 g/mol. The van der Waals surface area contributed by atoms with Crippen molar-refractivity contribution in [2.75, 3.05) is 13.1 Å². The molecule has 1 aromatic rings. The Labute approximate surface area is 143 Å². The number of carbonyl (C=O) groups is 2. The topological polar surface area (TPSA) is 88.3 Å². The number of amides is 2. The zero-order valence-corrected chi connectivity index (χ0v) is 15.3. The minimum absolute atomic E-state index is 0.0476. The molecule has 24 heavy (non-hydrogen) atoms. The van der Waals surface area contributed by atoms with Crippen LogP contribution in [0.2, 0.25) is 0 Å². The van der Waals surface area contributed by atoms with Gasteiger partial charge in [-0.05, 0) is 26.2 Å². The summed E-state index contributed by atoms with van der Waals surface area (Å²) in [6.07, 6.45) is 1.91. The Morgan fingerprint density at radius 3 is 2.79 bits per heavy atom. The molecule has 1 saturated heterocycles. The lowest BCUT2D eigenvalue weighted by atomic mass is 10.0. The molecule has 0 radical (unpaired) electrons. The predicted molar refractivity (Wildman–Crippen MR) is 89.0 cm³/mol. The highest BCUT2D eigenvalue weighted by Gasteiger charge is 2.37. The van der Waals surface area contributed by atoms with Gasteiger partial charge in [-0.1, -0.05) is 25.9 Å². The lowest BCUT2D eigenvalue weighted by Gasteiger charge is -2.24. The molecule has 7 heteroatoms. The molecule has 0 saturated carbocycles. The van der Waals surface area contributed by atoms with Gasteiger partial charge in [-0.25, -0.2) is 0 Å². The number of likely N-dealkylation sites (tertiary alicyclic amines) is 1. The average molecular weight is 336 g/mol. The predicted octanol–water partition coefficient (Wildman–Crippen LogP) is 1.88. The van der Waals surface area contributed by atoms with Crippen molar-refractivity contribution in [3.63, 3.8) is 0 Å². The van der Waals surface area contributed by atoms with Gasteiger partial charge in [-0.3, -0.25) is 9.59 Å². The van der Waals surface area contributed by atoms with E-state index in [4.69, 9.17) is 4.52 Å². The van der Waals surface area contributed by atoms with Gasteiger partial charge in [0.15, 0.2) is 5.82 Å². The van der Waals surface area contributed by atoms with Crippen molar-refractivity contribution in [3.8, 4) is 0 Å². The van der Waals surface area contributed by atoms with Crippen LogP contribution in [0.1, 0.15) is 59.2 Å². The van der Waals surface area contributed by atoms with Crippen LogP contribution >= 0.6 is 0 Å². The van der Waals surface area contributed by atoms with E-state index in [1.807, 2.05) is 20.8 Å². The lowest BCUT2D eigenvalue weighted by Crippen LogP contribution is -2.45. The van der Waals surface area contributed by atoms with E-state index >= 15 is 0 Å². The van der Waals surface area contributed by atoms with Crippen LogP contribution in [0.25, 0.3) is 0 Å². The molecule has 7 nitrogen and oxygen atoms in total. The van der Waals surface area contributed by atoms with Crippen LogP contribution in [0, 0.1) is 11.8 Å². The number of aryl methyl sites for hydroxylation is 1. The molecule has 2 heterocycles. The van der Waals surface area contributed by atoms with E-state index in [-0.39, 0.29) is 24.2 Å². The first-order valence-electron chi connectivity index (χ1n) is 8.65. The Morgan fingerprint density at radius 1 is 1.46 bits per heavy atom. The molecule has 134 valence electrons. The molecule has 1 fully saturated rings. The van der Waals surface area contributed by atoms with Gasteiger partial charge in [-0.15, -0.1) is 0 Å². The third kappa shape index (κ3) is 4.33. The number of nitrogens with zero attached hydrogens (tertiary/aromatic N) is 3. The molecule has 1 N–H and O–H groups in total. The zero-order valence-electron chi connectivity index (χ0n) is 15.3. The standard InChI is InChI=1S/C17H28N4O3/c1-6-7-13-18-16(20-24-13)17(4,5)19-15(23)12-8-14(22)21(10-12)9-11(2)3/h11-12H,6-10H2,1-5H3,(H,19,23)/t12-/m0/s1. The summed E-state index contributed by atoms with van der Waals surface area (Å²) in [7, 11) is 0. The molecule has 2 amide bonds. The molecule has 0 aromatic carbocycles. The summed E-state index contributed by atoms with van der Waals surface area (Å²) in [6, 6.07) is 0. The van der Waals surface area contributed by atoms with Crippen LogP contribution in [0.5, 0.6) is 0 Å². The van der Waals surface area contributed by atoms with E-state index < -0.39 is 5.54 Å². The van der Waals surface area contributed by atoms with Crippen molar-refractivity contribution in [3.05, 3.63) is 11.7 Å². The SMILES string of the molecule is CCCc1nc(C(C)(C)NC(=O)[C@H]2CC(=O)N(CC(C)C)C2)no1. The second-order valence-electron chi connectivity index (χ2n) is 7.47. The fraction of sp³-hybridized carbons (Fsp3) is 0.765. The van der Waals surface area contributed by atoms with Crippen molar-refractivity contribution in [1.82, 2.24) is 20.4 Å². The monoisotopic (exact) mass is 336 g/mol. The van der Waals surface area contributed by atoms with Gasteiger partial charge in [-0.2, -0.15) is 4.98 Å². The lowest BCUT2D eigenvalue weighted by molar-refractivity contribution is -0.129. The summed E-state index contributed by atoms with van der Waals surface area (Å²) in [4.78, 5) is 30.7. The van der Waals surface area contributed by atoms with Crippen molar-refractivity contribution >= 4 is 11.8 Å². The first kappa shape index (κ1) is 18.4. The van der Waals surface area contributed by atoms with E-state index in [2.05, 4.69) is 29.3 Å². The third-order valence-corrected chi connectivity index (χ3v) is 4.10. The first-order chi connectivity index (χ1) is 11.2. The second-order valence-corrected chi connectivity index (χ2v) is 7.47. The van der Waals surface area contributed by atoms with Gasteiger partial charge in [0.2, 0.25) is 17.7 Å². The molecule has 0 spiro atoms. The van der Waals surface area contributed by atoms with Crippen molar-refractivity contribution < 1.29 is 14.1 Å². The highest BCUT2D eigenvalue weighted by Crippen LogP contribution is 2.23. The van der Waals surface area contributed by atoms with Crippen LogP contribution in [0.3, 0.4) is 0 Å². The minimum Gasteiger partial charge on any atom is -0.343 e. The highest BCUT2D eigenvalue weighted by molar-refractivity contribution is 5.89. The van der Waals surface area contributed by atoms with Crippen LogP contribution in [0.15, 0.2) is 4.52 Å². The van der Waals surface area contributed by atoms with E-state index in [1.165, 1.54) is 0 Å². The van der Waals surface area contributed by atoms with Gasteiger partial charge in [0, 0.05) is 25.9 Å². The van der Waals surface area contributed by atoms with E-state index in [0.717, 1.165) is 12.8 Å². The summed E-state index contributed by atoms with van der Waals surface area (Å²) in [5.41, 5.74) is -0.735. The number of aromatic nitrogens is 2. The minimum atomic E-state index is -0.735. The largest absolute Gasteiger partial charge is 0.343 e. The first-order valence-corrected chi connectivity index (χ1v) is 8.65. The number of hydrogen-bond acceptors (Lipinski definition) is 5. The molecule has 1 aromatic heterocycles. The van der Waals surface area contributed by atoms with E-state index in [9.17, 15) is 9.59 Å². The van der Waals surface area contributed by atoms with Crippen LogP contribution < -0.4 is 5.32 Å². The maximum atomic E-state index is 12.6. The Balaban J connectivity index is 1.98. The fourth-order valence-corrected chi connectivity index (χ4v) is 2.86. The van der Waals surface area contributed by atoms with E-state index in [1.54, 1.807) is 4.90 Å². The summed E-state index contributed by atoms with van der Waals surface area (Å²) in [5, 5.41) is 6.94. The summed E-state index contributed by atoms with van der Waals surface area (Å²) < 4.78 is 5.20. The molecule has 0 aliphatic carbocycles. The summed E-state index contributed by atoms with van der Waals surface area (Å²) >= 11 is 0. The van der Waals surface area contributed by atoms with Crippen LogP contribution in [-0.4, -0.2) is 39.9 Å². The fourth-order valence-electron chi connectivity index (χ4n) is 2.86. The number of carbonyl (C=O) groups excluding carboxylic acids is 2. The summed E-state index contributed by atoms with van der Waals surface area (Å²) in [6.45, 7) is 11.0. The van der Waals surface area contributed by atoms with Gasteiger partial charge in [0.05, 0.1) is 11.5 Å². The molecule has 1 atom stereocenters. The van der Waals surface area contributed by atoms with Gasteiger partial charge in [0.25, 0.3) is 0 Å². The smallest absolute Gasteiger partial charge is 0.226 e. The number of nitrogens with one attached hydrogen (secondary N) is 1. The maximum Gasteiger partial charge on any atom is 0.226 e. The van der Waals surface area contributed by atoms with Crippen LogP contribution in [-0.2, 0) is 21.5 Å². The Kier molecular flexibility index (Phi) is 5.62. The maximum absolute atomic E-state index is 12.6. The van der Waals surface area contributed by atoms with Crippen LogP contribution in [0.4, 0.5) is 0 Å². The average Bonchev–Trinajstić information content (AvgIpc) is 3.07. The number of rotatable bonds is 7.